The number of carbonyl (C=O) groups excluding carboxylic acids is 2. The van der Waals surface area contributed by atoms with Gasteiger partial charge in [-0.3, -0.25) is 14.6 Å². The van der Waals surface area contributed by atoms with Crippen molar-refractivity contribution in [2.24, 2.45) is 5.92 Å². The average molecular weight is 397 g/mol. The number of amides is 2. The Bertz CT molecular complexity index is 813. The van der Waals surface area contributed by atoms with Crippen LogP contribution in [0.3, 0.4) is 0 Å². The quantitative estimate of drug-likeness (QED) is 0.742. The summed E-state index contributed by atoms with van der Waals surface area (Å²) in [6.45, 7) is 1.70. The maximum absolute atomic E-state index is 13.6. The predicted molar refractivity (Wildman–Crippen MR) is 109 cm³/mol. The molecule has 2 heterocycles. The summed E-state index contributed by atoms with van der Waals surface area (Å²) in [6.07, 6.45) is 6.00. The van der Waals surface area contributed by atoms with Gasteiger partial charge >= 0.3 is 0 Å². The maximum atomic E-state index is 13.6. The molecule has 0 aliphatic carbocycles. The summed E-state index contributed by atoms with van der Waals surface area (Å²) < 4.78 is 13.6. The average Bonchev–Trinajstić information content (AvgIpc) is 2.76. The molecule has 1 aromatic carbocycles. The molecular formula is C23H28FN3O2. The molecule has 0 bridgehead atoms. The lowest BCUT2D eigenvalue weighted by Gasteiger charge is -2.33. The summed E-state index contributed by atoms with van der Waals surface area (Å²) in [5.74, 6) is 0.109. The van der Waals surface area contributed by atoms with Crippen molar-refractivity contribution in [1.29, 1.82) is 0 Å². The molecule has 2 amide bonds. The van der Waals surface area contributed by atoms with Crippen molar-refractivity contribution < 1.29 is 14.0 Å². The standard InChI is InChI=1S/C23H28FN3O2/c24-21-9-2-1-7-19(21)16-26-22(28)12-10-18-6-5-15-27(17-18)23(29)13-11-20-8-3-4-14-25-20/h1-4,7-9,14,18H,5-6,10-13,15-17H2,(H,26,28)/t18-/m1/s1. The first-order chi connectivity index (χ1) is 14.1. The Morgan fingerprint density at radius 2 is 1.97 bits per heavy atom. The molecule has 1 fully saturated rings. The highest BCUT2D eigenvalue weighted by molar-refractivity contribution is 5.77. The van der Waals surface area contributed by atoms with E-state index in [4.69, 9.17) is 0 Å². The Morgan fingerprint density at radius 3 is 2.76 bits per heavy atom. The van der Waals surface area contributed by atoms with Gasteiger partial charge in [-0.25, -0.2) is 4.39 Å². The van der Waals surface area contributed by atoms with E-state index in [9.17, 15) is 14.0 Å². The second-order valence-electron chi connectivity index (χ2n) is 7.58. The lowest BCUT2D eigenvalue weighted by atomic mass is 9.93. The molecule has 0 radical (unpaired) electrons. The van der Waals surface area contributed by atoms with E-state index in [1.807, 2.05) is 23.1 Å². The SMILES string of the molecule is O=C(CC[C@H]1CCCN(C(=O)CCc2ccccn2)C1)NCc1ccccc1F. The summed E-state index contributed by atoms with van der Waals surface area (Å²) in [7, 11) is 0. The fraction of sp³-hybridized carbons (Fsp3) is 0.435. The minimum absolute atomic E-state index is 0.0770. The summed E-state index contributed by atoms with van der Waals surface area (Å²) in [5, 5.41) is 2.79. The molecule has 1 atom stereocenters. The van der Waals surface area contributed by atoms with E-state index in [-0.39, 0.29) is 24.2 Å². The van der Waals surface area contributed by atoms with Crippen LogP contribution in [-0.4, -0.2) is 34.8 Å². The van der Waals surface area contributed by atoms with E-state index in [2.05, 4.69) is 10.3 Å². The molecule has 29 heavy (non-hydrogen) atoms. The van der Waals surface area contributed by atoms with Gasteiger partial charge in [0.15, 0.2) is 0 Å². The van der Waals surface area contributed by atoms with Gasteiger partial charge in [0.05, 0.1) is 0 Å². The smallest absolute Gasteiger partial charge is 0.222 e. The number of pyridine rings is 1. The fourth-order valence-electron chi connectivity index (χ4n) is 3.73. The number of aromatic nitrogens is 1. The normalized spacial score (nSPS) is 16.4. The van der Waals surface area contributed by atoms with Crippen LogP contribution in [0.2, 0.25) is 0 Å². The van der Waals surface area contributed by atoms with Gasteiger partial charge in [-0.2, -0.15) is 0 Å². The number of nitrogens with one attached hydrogen (secondary N) is 1. The predicted octanol–water partition coefficient (Wildman–Crippen LogP) is 3.49. The molecule has 1 aromatic heterocycles. The van der Waals surface area contributed by atoms with Crippen molar-refractivity contribution in [3.63, 3.8) is 0 Å². The van der Waals surface area contributed by atoms with Crippen molar-refractivity contribution >= 4 is 11.8 Å². The van der Waals surface area contributed by atoms with Crippen molar-refractivity contribution in [3.05, 3.63) is 65.7 Å². The third-order valence-electron chi connectivity index (χ3n) is 5.41. The Hall–Kier alpha value is -2.76. The molecule has 0 saturated carbocycles. The number of halogens is 1. The number of carbonyl (C=O) groups is 2. The molecule has 1 N–H and O–H groups in total. The summed E-state index contributed by atoms with van der Waals surface area (Å²) in [6, 6.07) is 12.2. The molecule has 6 heteroatoms. The van der Waals surface area contributed by atoms with Crippen molar-refractivity contribution in [3.8, 4) is 0 Å². The largest absolute Gasteiger partial charge is 0.352 e. The lowest BCUT2D eigenvalue weighted by molar-refractivity contribution is -0.133. The van der Waals surface area contributed by atoms with E-state index in [0.717, 1.165) is 31.5 Å². The van der Waals surface area contributed by atoms with Gasteiger partial charge in [-0.05, 0) is 49.8 Å². The zero-order valence-electron chi connectivity index (χ0n) is 16.6. The molecule has 2 aromatic rings. The topological polar surface area (TPSA) is 62.3 Å². The molecule has 3 rings (SSSR count). The number of nitrogens with zero attached hydrogens (tertiary/aromatic N) is 2. The van der Waals surface area contributed by atoms with Gasteiger partial charge in [0, 0.05) is 49.9 Å². The van der Waals surface area contributed by atoms with Crippen LogP contribution in [0, 0.1) is 11.7 Å². The van der Waals surface area contributed by atoms with Gasteiger partial charge in [-0.15, -0.1) is 0 Å². The Labute approximate surface area is 171 Å². The van der Waals surface area contributed by atoms with Gasteiger partial charge in [0.25, 0.3) is 0 Å². The zero-order valence-corrected chi connectivity index (χ0v) is 16.6. The highest BCUT2D eigenvalue weighted by atomic mass is 19.1. The van der Waals surface area contributed by atoms with E-state index in [1.165, 1.54) is 6.07 Å². The van der Waals surface area contributed by atoms with Crippen LogP contribution < -0.4 is 5.32 Å². The fourth-order valence-corrected chi connectivity index (χ4v) is 3.73. The first-order valence-corrected chi connectivity index (χ1v) is 10.3. The van der Waals surface area contributed by atoms with E-state index >= 15 is 0 Å². The molecule has 5 nitrogen and oxygen atoms in total. The number of benzene rings is 1. The monoisotopic (exact) mass is 397 g/mol. The number of rotatable bonds is 8. The minimum atomic E-state index is -0.306. The number of piperidine rings is 1. The van der Waals surface area contributed by atoms with Gasteiger partial charge in [-0.1, -0.05) is 24.3 Å². The van der Waals surface area contributed by atoms with Gasteiger partial charge in [0.1, 0.15) is 5.82 Å². The molecule has 0 spiro atoms. The van der Waals surface area contributed by atoms with Crippen LogP contribution in [0.15, 0.2) is 48.7 Å². The van der Waals surface area contributed by atoms with Gasteiger partial charge < -0.3 is 10.2 Å². The maximum Gasteiger partial charge on any atom is 0.222 e. The second-order valence-corrected chi connectivity index (χ2v) is 7.58. The molecular weight excluding hydrogens is 369 g/mol. The van der Waals surface area contributed by atoms with Crippen molar-refractivity contribution in [2.45, 2.75) is 45.1 Å². The lowest BCUT2D eigenvalue weighted by Crippen LogP contribution is -2.40. The first kappa shape index (κ1) is 21.0. The molecule has 1 aliphatic rings. The summed E-state index contributed by atoms with van der Waals surface area (Å²) >= 11 is 0. The van der Waals surface area contributed by atoms with Crippen LogP contribution in [0.25, 0.3) is 0 Å². The van der Waals surface area contributed by atoms with Crippen LogP contribution >= 0.6 is 0 Å². The first-order valence-electron chi connectivity index (χ1n) is 10.3. The Kier molecular flexibility index (Phi) is 7.73. The molecule has 1 saturated heterocycles. The van der Waals surface area contributed by atoms with Crippen LogP contribution in [0.5, 0.6) is 0 Å². The molecule has 0 unspecified atom stereocenters. The minimum Gasteiger partial charge on any atom is -0.352 e. The highest BCUT2D eigenvalue weighted by Crippen LogP contribution is 2.22. The molecule has 154 valence electrons. The zero-order chi connectivity index (χ0) is 20.5. The second kappa shape index (κ2) is 10.7. The highest BCUT2D eigenvalue weighted by Gasteiger charge is 2.24. The van der Waals surface area contributed by atoms with Gasteiger partial charge in [0.2, 0.25) is 11.8 Å². The van der Waals surface area contributed by atoms with Crippen LogP contribution in [0.4, 0.5) is 4.39 Å². The van der Waals surface area contributed by atoms with E-state index in [0.29, 0.717) is 37.3 Å². The van der Waals surface area contributed by atoms with E-state index < -0.39 is 0 Å². The number of likely N-dealkylation sites (tertiary alicyclic amines) is 1. The molecule has 1 aliphatic heterocycles. The van der Waals surface area contributed by atoms with Crippen molar-refractivity contribution in [2.75, 3.05) is 13.1 Å². The Morgan fingerprint density at radius 1 is 1.14 bits per heavy atom. The van der Waals surface area contributed by atoms with E-state index in [1.54, 1.807) is 24.4 Å². The van der Waals surface area contributed by atoms with Crippen LogP contribution in [0.1, 0.15) is 43.4 Å². The number of aryl methyl sites for hydroxylation is 1. The Balaban J connectivity index is 1.38. The number of hydrogen-bond donors (Lipinski definition) is 1. The summed E-state index contributed by atoms with van der Waals surface area (Å²) in [5.41, 5.74) is 1.42. The third-order valence-corrected chi connectivity index (χ3v) is 5.41. The third kappa shape index (κ3) is 6.66. The van der Waals surface area contributed by atoms with Crippen molar-refractivity contribution in [1.82, 2.24) is 15.2 Å². The summed E-state index contributed by atoms with van der Waals surface area (Å²) in [4.78, 5) is 30.8. The van der Waals surface area contributed by atoms with Crippen LogP contribution in [-0.2, 0) is 22.6 Å². The number of hydrogen-bond acceptors (Lipinski definition) is 3.